The van der Waals surface area contributed by atoms with Gasteiger partial charge in [0.1, 0.15) is 16.2 Å². The van der Waals surface area contributed by atoms with Gasteiger partial charge in [0.05, 0.1) is 21.3 Å². The predicted octanol–water partition coefficient (Wildman–Crippen LogP) is 12.1. The van der Waals surface area contributed by atoms with Gasteiger partial charge in [0.15, 0.2) is 11.6 Å². The highest BCUT2D eigenvalue weighted by Crippen LogP contribution is 2.41. The first-order valence-electron chi connectivity index (χ1n) is 17.5. The molecule has 0 saturated heterocycles. The fourth-order valence-corrected chi connectivity index (χ4v) is 8.46. The molecule has 0 N–H and O–H groups in total. The van der Waals surface area contributed by atoms with Crippen LogP contribution in [0, 0.1) is 0 Å². The van der Waals surface area contributed by atoms with Crippen LogP contribution in [0.3, 0.4) is 0 Å². The lowest BCUT2D eigenvalue weighted by molar-refractivity contribution is 0.670. The zero-order valence-electron chi connectivity index (χ0n) is 28.1. The Morgan fingerprint density at radius 2 is 1.09 bits per heavy atom. The number of nitrogens with zero attached hydrogens (tertiary/aromatic N) is 5. The van der Waals surface area contributed by atoms with Gasteiger partial charge in [-0.2, -0.15) is 9.97 Å². The van der Waals surface area contributed by atoms with E-state index in [1.165, 1.54) is 4.70 Å². The number of hydrogen-bond acceptors (Lipinski definition) is 6. The Morgan fingerprint density at radius 3 is 1.89 bits per heavy atom. The molecule has 7 heteroatoms. The Balaban J connectivity index is 1.09. The average molecular weight is 698 g/mol. The Bertz CT molecular complexity index is 3090. The highest BCUT2D eigenvalue weighted by molar-refractivity contribution is 7.21. The molecule has 11 aromatic rings. The zero-order chi connectivity index (χ0) is 34.9. The highest BCUT2D eigenvalue weighted by Gasteiger charge is 2.21. The molecule has 0 spiro atoms. The molecule has 7 aromatic carbocycles. The van der Waals surface area contributed by atoms with Gasteiger partial charge in [0, 0.05) is 43.8 Å². The summed E-state index contributed by atoms with van der Waals surface area (Å²) in [4.78, 5) is 20.3. The smallest absolute Gasteiger partial charge is 0.238 e. The second kappa shape index (κ2) is 11.8. The van der Waals surface area contributed by atoms with Crippen molar-refractivity contribution in [2.45, 2.75) is 0 Å². The van der Waals surface area contributed by atoms with Crippen LogP contribution in [0.5, 0.6) is 0 Å². The fourth-order valence-electron chi connectivity index (χ4n) is 7.49. The molecule has 0 unspecified atom stereocenters. The molecule has 11 rings (SSSR count). The number of fused-ring (bicyclic) bond motifs is 7. The van der Waals surface area contributed by atoms with Crippen LogP contribution in [-0.4, -0.2) is 24.5 Å². The third-order valence-electron chi connectivity index (χ3n) is 9.94. The van der Waals surface area contributed by atoms with Crippen molar-refractivity contribution in [1.29, 1.82) is 0 Å². The SMILES string of the molecule is c1ccc(-c2nc(-c3cccc4oc5c(-c6ccc(-c7nc8ccccc8s7)cc6)cccc5c34)nc(-n3c4ccccc4c4ccccc43)n2)cc1. The van der Waals surface area contributed by atoms with Crippen LogP contribution in [-0.2, 0) is 0 Å². The van der Waals surface area contributed by atoms with Crippen molar-refractivity contribution in [2.24, 2.45) is 0 Å². The molecular weight excluding hydrogens is 671 g/mol. The quantitative estimate of drug-likeness (QED) is 0.179. The van der Waals surface area contributed by atoms with Crippen molar-refractivity contribution in [3.05, 3.63) is 164 Å². The molecule has 0 saturated carbocycles. The maximum atomic E-state index is 6.70. The third-order valence-corrected chi connectivity index (χ3v) is 11.0. The van der Waals surface area contributed by atoms with Crippen molar-refractivity contribution >= 4 is 65.3 Å². The molecule has 4 aromatic heterocycles. The van der Waals surface area contributed by atoms with Crippen molar-refractivity contribution in [2.75, 3.05) is 0 Å². The van der Waals surface area contributed by atoms with Crippen LogP contribution in [0.2, 0.25) is 0 Å². The predicted molar refractivity (Wildman–Crippen MR) is 216 cm³/mol. The molecule has 0 aliphatic heterocycles. The van der Waals surface area contributed by atoms with E-state index in [-0.39, 0.29) is 0 Å². The molecule has 0 atom stereocenters. The van der Waals surface area contributed by atoms with Crippen LogP contribution < -0.4 is 0 Å². The molecule has 0 aliphatic carbocycles. The minimum Gasteiger partial charge on any atom is -0.455 e. The number of hydrogen-bond donors (Lipinski definition) is 0. The summed E-state index contributed by atoms with van der Waals surface area (Å²) in [5.41, 5.74) is 9.68. The first-order valence-corrected chi connectivity index (χ1v) is 18.3. The van der Waals surface area contributed by atoms with E-state index in [9.17, 15) is 0 Å². The van der Waals surface area contributed by atoms with Crippen LogP contribution in [0.15, 0.2) is 168 Å². The van der Waals surface area contributed by atoms with E-state index in [2.05, 4.69) is 120 Å². The van der Waals surface area contributed by atoms with Gasteiger partial charge >= 0.3 is 0 Å². The van der Waals surface area contributed by atoms with Crippen molar-refractivity contribution in [3.63, 3.8) is 0 Å². The summed E-state index contributed by atoms with van der Waals surface area (Å²) >= 11 is 1.71. The van der Waals surface area contributed by atoms with E-state index < -0.39 is 0 Å². The maximum absolute atomic E-state index is 6.70. The van der Waals surface area contributed by atoms with Gasteiger partial charge in [-0.15, -0.1) is 11.3 Å². The van der Waals surface area contributed by atoms with Gasteiger partial charge in [0.25, 0.3) is 0 Å². The van der Waals surface area contributed by atoms with Crippen LogP contribution >= 0.6 is 11.3 Å². The Morgan fingerprint density at radius 1 is 0.453 bits per heavy atom. The minimum absolute atomic E-state index is 0.560. The standard InChI is InChI=1S/C46H27N5OS/c1-2-12-29(13-3-1)43-48-44(50-46(49-43)51-37-20-7-4-14-32(37)33-15-5-8-21-38(33)51)35-18-11-22-39-41(35)34-17-10-16-31(42(34)52-39)28-24-26-30(27-25-28)45-47-36-19-6-9-23-40(36)53-45/h1-27H. The van der Waals surface area contributed by atoms with Crippen molar-refractivity contribution in [1.82, 2.24) is 24.5 Å². The molecule has 53 heavy (non-hydrogen) atoms. The van der Waals surface area contributed by atoms with Gasteiger partial charge in [0.2, 0.25) is 5.95 Å². The number of thiazole rings is 1. The van der Waals surface area contributed by atoms with E-state index in [0.717, 1.165) is 82.1 Å². The highest BCUT2D eigenvalue weighted by atomic mass is 32.1. The molecule has 0 radical (unpaired) electrons. The molecule has 6 nitrogen and oxygen atoms in total. The monoisotopic (exact) mass is 697 g/mol. The molecule has 248 valence electrons. The van der Waals surface area contributed by atoms with E-state index in [4.69, 9.17) is 24.4 Å². The van der Waals surface area contributed by atoms with Gasteiger partial charge in [-0.3, -0.25) is 4.57 Å². The van der Waals surface area contributed by atoms with E-state index in [0.29, 0.717) is 17.6 Å². The summed E-state index contributed by atoms with van der Waals surface area (Å²) in [6.07, 6.45) is 0. The molecule has 0 bridgehead atoms. The molecule has 0 aliphatic rings. The summed E-state index contributed by atoms with van der Waals surface area (Å²) in [6, 6.07) is 56.2. The molecular formula is C46H27N5OS. The topological polar surface area (TPSA) is 69.6 Å². The Labute approximate surface area is 307 Å². The lowest BCUT2D eigenvalue weighted by Gasteiger charge is -2.11. The maximum Gasteiger partial charge on any atom is 0.238 e. The lowest BCUT2D eigenvalue weighted by Crippen LogP contribution is -2.06. The number of rotatable bonds is 5. The van der Waals surface area contributed by atoms with Crippen LogP contribution in [0.4, 0.5) is 0 Å². The summed E-state index contributed by atoms with van der Waals surface area (Å²) in [6.45, 7) is 0. The van der Waals surface area contributed by atoms with E-state index in [1.807, 2.05) is 48.5 Å². The van der Waals surface area contributed by atoms with Crippen molar-refractivity contribution < 1.29 is 4.42 Å². The normalized spacial score (nSPS) is 11.8. The number of furan rings is 1. The summed E-state index contributed by atoms with van der Waals surface area (Å²) in [7, 11) is 0. The number of aromatic nitrogens is 5. The summed E-state index contributed by atoms with van der Waals surface area (Å²) < 4.78 is 10.0. The largest absolute Gasteiger partial charge is 0.455 e. The molecule has 0 fully saturated rings. The third kappa shape index (κ3) is 4.79. The second-order valence-electron chi connectivity index (χ2n) is 13.0. The van der Waals surface area contributed by atoms with E-state index >= 15 is 0 Å². The van der Waals surface area contributed by atoms with Gasteiger partial charge in [-0.1, -0.05) is 133 Å². The minimum atomic E-state index is 0.560. The first-order chi connectivity index (χ1) is 26.3. The zero-order valence-corrected chi connectivity index (χ0v) is 29.0. The summed E-state index contributed by atoms with van der Waals surface area (Å²) in [5.74, 6) is 1.74. The fraction of sp³-hybridized carbons (Fsp3) is 0. The molecule has 0 amide bonds. The van der Waals surface area contributed by atoms with Crippen LogP contribution in [0.1, 0.15) is 0 Å². The van der Waals surface area contributed by atoms with E-state index in [1.54, 1.807) is 11.3 Å². The van der Waals surface area contributed by atoms with Gasteiger partial charge < -0.3 is 4.42 Å². The number of para-hydroxylation sites is 4. The Kier molecular flexibility index (Phi) is 6.62. The first kappa shape index (κ1) is 29.7. The second-order valence-corrected chi connectivity index (χ2v) is 14.1. The Hall–Kier alpha value is -6.96. The average Bonchev–Trinajstić information content (AvgIpc) is 3.93. The number of benzene rings is 7. The van der Waals surface area contributed by atoms with Gasteiger partial charge in [-0.05, 0) is 35.9 Å². The van der Waals surface area contributed by atoms with Gasteiger partial charge in [-0.25, -0.2) is 9.97 Å². The lowest BCUT2D eigenvalue weighted by atomic mass is 9.99. The summed E-state index contributed by atoms with van der Waals surface area (Å²) in [5, 5.41) is 5.28. The van der Waals surface area contributed by atoms with Crippen LogP contribution in [0.25, 0.3) is 104 Å². The molecule has 4 heterocycles. The van der Waals surface area contributed by atoms with Crippen molar-refractivity contribution in [3.8, 4) is 50.4 Å².